The molecule has 3 aromatic rings. The van der Waals surface area contributed by atoms with E-state index in [1.807, 2.05) is 66.7 Å². The molecular formula is C23H20O4. The molecule has 0 amide bonds. The monoisotopic (exact) mass is 360 g/mol. The van der Waals surface area contributed by atoms with Crippen LogP contribution in [0.25, 0.3) is 0 Å². The molecule has 4 nitrogen and oxygen atoms in total. The van der Waals surface area contributed by atoms with Gasteiger partial charge in [0.05, 0.1) is 13.2 Å². The van der Waals surface area contributed by atoms with E-state index in [0.29, 0.717) is 36.7 Å². The summed E-state index contributed by atoms with van der Waals surface area (Å²) in [4.78, 5) is 12.6. The molecule has 1 saturated heterocycles. The van der Waals surface area contributed by atoms with E-state index in [2.05, 4.69) is 0 Å². The highest BCUT2D eigenvalue weighted by Crippen LogP contribution is 2.24. The van der Waals surface area contributed by atoms with Gasteiger partial charge in [-0.25, -0.2) is 0 Å². The minimum Gasteiger partial charge on any atom is -0.489 e. The van der Waals surface area contributed by atoms with Crippen LogP contribution in [0, 0.1) is 0 Å². The number of carbonyl (C=O) groups is 1. The Morgan fingerprint density at radius 3 is 2.30 bits per heavy atom. The van der Waals surface area contributed by atoms with Crippen molar-refractivity contribution in [2.45, 2.75) is 12.9 Å². The van der Waals surface area contributed by atoms with Crippen LogP contribution in [0.5, 0.6) is 5.75 Å². The second-order valence-electron chi connectivity index (χ2n) is 6.33. The summed E-state index contributed by atoms with van der Waals surface area (Å²) in [7, 11) is 0. The lowest BCUT2D eigenvalue weighted by molar-refractivity contribution is -0.0441. The summed E-state index contributed by atoms with van der Waals surface area (Å²) in [6.07, 6.45) is -0.263. The van der Waals surface area contributed by atoms with E-state index in [1.54, 1.807) is 12.1 Å². The van der Waals surface area contributed by atoms with Gasteiger partial charge in [0.15, 0.2) is 12.1 Å². The number of benzene rings is 3. The van der Waals surface area contributed by atoms with E-state index in [4.69, 9.17) is 14.2 Å². The molecule has 0 unspecified atom stereocenters. The Bertz CT molecular complexity index is 897. The molecule has 0 N–H and O–H groups in total. The lowest BCUT2D eigenvalue weighted by Crippen LogP contribution is -2.02. The number of rotatable bonds is 6. The van der Waals surface area contributed by atoms with Gasteiger partial charge in [-0.2, -0.15) is 0 Å². The summed E-state index contributed by atoms with van der Waals surface area (Å²) in [5.74, 6) is 0.658. The number of hydrogen-bond acceptors (Lipinski definition) is 4. The third-order valence-electron chi connectivity index (χ3n) is 4.41. The molecule has 0 atom stereocenters. The summed E-state index contributed by atoms with van der Waals surface area (Å²) in [6, 6.07) is 24.5. The van der Waals surface area contributed by atoms with E-state index >= 15 is 0 Å². The molecule has 4 rings (SSSR count). The first-order chi connectivity index (χ1) is 13.3. The zero-order valence-corrected chi connectivity index (χ0v) is 14.8. The van der Waals surface area contributed by atoms with E-state index in [1.165, 1.54) is 0 Å². The van der Waals surface area contributed by atoms with Crippen molar-refractivity contribution in [3.8, 4) is 5.75 Å². The standard InChI is InChI=1S/C23H20O4/c24-22(18-5-2-1-3-6-18)20-7-4-8-21(15-20)27-16-17-9-11-19(12-10-17)23-25-13-14-26-23/h1-12,15,23H,13-14,16H2. The third kappa shape index (κ3) is 4.25. The molecular weight excluding hydrogens is 340 g/mol. The first-order valence-corrected chi connectivity index (χ1v) is 8.94. The Morgan fingerprint density at radius 2 is 1.56 bits per heavy atom. The largest absolute Gasteiger partial charge is 0.489 e. The van der Waals surface area contributed by atoms with E-state index in [9.17, 15) is 4.79 Å². The van der Waals surface area contributed by atoms with Gasteiger partial charge >= 0.3 is 0 Å². The quantitative estimate of drug-likeness (QED) is 0.605. The highest BCUT2D eigenvalue weighted by atomic mass is 16.7. The van der Waals surface area contributed by atoms with Crippen LogP contribution in [0.1, 0.15) is 33.3 Å². The van der Waals surface area contributed by atoms with Gasteiger partial charge in [0.25, 0.3) is 0 Å². The van der Waals surface area contributed by atoms with E-state index in [-0.39, 0.29) is 12.1 Å². The first-order valence-electron chi connectivity index (χ1n) is 8.94. The van der Waals surface area contributed by atoms with Crippen molar-refractivity contribution in [3.63, 3.8) is 0 Å². The highest BCUT2D eigenvalue weighted by Gasteiger charge is 2.17. The molecule has 0 spiro atoms. The highest BCUT2D eigenvalue weighted by molar-refractivity contribution is 6.09. The van der Waals surface area contributed by atoms with Crippen molar-refractivity contribution in [1.82, 2.24) is 0 Å². The normalized spacial score (nSPS) is 14.2. The topological polar surface area (TPSA) is 44.8 Å². The Balaban J connectivity index is 1.40. The predicted octanol–water partition coefficient (Wildman–Crippen LogP) is 4.54. The Labute approximate surface area is 158 Å². The summed E-state index contributed by atoms with van der Waals surface area (Å²) in [5, 5.41) is 0. The zero-order chi connectivity index (χ0) is 18.5. The van der Waals surface area contributed by atoms with Gasteiger partial charge in [0.1, 0.15) is 12.4 Å². The van der Waals surface area contributed by atoms with Crippen molar-refractivity contribution in [3.05, 3.63) is 101 Å². The second-order valence-corrected chi connectivity index (χ2v) is 6.33. The lowest BCUT2D eigenvalue weighted by Gasteiger charge is -2.11. The average Bonchev–Trinajstić information content (AvgIpc) is 3.28. The smallest absolute Gasteiger partial charge is 0.193 e. The van der Waals surface area contributed by atoms with Crippen LogP contribution in [0.3, 0.4) is 0 Å². The van der Waals surface area contributed by atoms with E-state index < -0.39 is 0 Å². The maximum absolute atomic E-state index is 12.6. The van der Waals surface area contributed by atoms with Gasteiger partial charge < -0.3 is 14.2 Å². The summed E-state index contributed by atoms with van der Waals surface area (Å²) >= 11 is 0. The molecule has 3 aromatic carbocycles. The minimum absolute atomic E-state index is 0.0121. The van der Waals surface area contributed by atoms with Crippen LogP contribution in [0.2, 0.25) is 0 Å². The molecule has 0 aliphatic carbocycles. The Kier molecular flexibility index (Phi) is 5.28. The van der Waals surface area contributed by atoms with Crippen LogP contribution in [0.15, 0.2) is 78.9 Å². The van der Waals surface area contributed by atoms with Crippen molar-refractivity contribution >= 4 is 5.78 Å². The molecule has 27 heavy (non-hydrogen) atoms. The maximum Gasteiger partial charge on any atom is 0.193 e. The molecule has 1 heterocycles. The fourth-order valence-electron chi connectivity index (χ4n) is 2.97. The summed E-state index contributed by atoms with van der Waals surface area (Å²) in [6.45, 7) is 1.69. The van der Waals surface area contributed by atoms with Crippen LogP contribution in [-0.4, -0.2) is 19.0 Å². The van der Waals surface area contributed by atoms with Gasteiger partial charge in [-0.3, -0.25) is 4.79 Å². The van der Waals surface area contributed by atoms with E-state index in [0.717, 1.165) is 11.1 Å². The molecule has 1 aliphatic heterocycles. The zero-order valence-electron chi connectivity index (χ0n) is 14.8. The first kappa shape index (κ1) is 17.5. The Morgan fingerprint density at radius 1 is 0.852 bits per heavy atom. The van der Waals surface area contributed by atoms with Crippen LogP contribution >= 0.6 is 0 Å². The molecule has 0 aromatic heterocycles. The molecule has 1 fully saturated rings. The van der Waals surface area contributed by atoms with Crippen LogP contribution in [-0.2, 0) is 16.1 Å². The number of ether oxygens (including phenoxy) is 3. The predicted molar refractivity (Wildman–Crippen MR) is 102 cm³/mol. The van der Waals surface area contributed by atoms with Gasteiger partial charge in [0, 0.05) is 16.7 Å². The van der Waals surface area contributed by atoms with Gasteiger partial charge in [0.2, 0.25) is 0 Å². The van der Waals surface area contributed by atoms with Gasteiger partial charge in [-0.15, -0.1) is 0 Å². The number of ketones is 1. The molecule has 4 heteroatoms. The maximum atomic E-state index is 12.6. The van der Waals surface area contributed by atoms with Crippen molar-refractivity contribution in [2.24, 2.45) is 0 Å². The fourth-order valence-corrected chi connectivity index (χ4v) is 2.97. The molecule has 1 aliphatic rings. The molecule has 0 saturated carbocycles. The van der Waals surface area contributed by atoms with Gasteiger partial charge in [-0.05, 0) is 17.7 Å². The van der Waals surface area contributed by atoms with Gasteiger partial charge in [-0.1, -0.05) is 66.7 Å². The summed E-state index contributed by atoms with van der Waals surface area (Å²) in [5.41, 5.74) is 3.33. The van der Waals surface area contributed by atoms with Crippen LogP contribution in [0.4, 0.5) is 0 Å². The van der Waals surface area contributed by atoms with Crippen molar-refractivity contribution < 1.29 is 19.0 Å². The molecule has 0 bridgehead atoms. The number of carbonyl (C=O) groups excluding carboxylic acids is 1. The van der Waals surface area contributed by atoms with Crippen molar-refractivity contribution in [2.75, 3.05) is 13.2 Å². The summed E-state index contributed by atoms with van der Waals surface area (Å²) < 4.78 is 16.9. The molecule has 136 valence electrons. The lowest BCUT2D eigenvalue weighted by atomic mass is 10.0. The second kappa shape index (κ2) is 8.16. The fraction of sp³-hybridized carbons (Fsp3) is 0.174. The number of hydrogen-bond donors (Lipinski definition) is 0. The average molecular weight is 360 g/mol. The Hall–Kier alpha value is -2.95. The minimum atomic E-state index is -0.263. The van der Waals surface area contributed by atoms with Crippen molar-refractivity contribution in [1.29, 1.82) is 0 Å². The molecule has 0 radical (unpaired) electrons. The van der Waals surface area contributed by atoms with Crippen LogP contribution < -0.4 is 4.74 Å². The third-order valence-corrected chi connectivity index (χ3v) is 4.41. The SMILES string of the molecule is O=C(c1ccccc1)c1cccc(OCc2ccc(C3OCCO3)cc2)c1.